The van der Waals surface area contributed by atoms with E-state index in [-0.39, 0.29) is 19.1 Å². The monoisotopic (exact) mass is 387 g/mol. The number of hydrogen-bond donors (Lipinski definition) is 2. The van der Waals surface area contributed by atoms with Gasteiger partial charge in [0.05, 0.1) is 11.4 Å². The van der Waals surface area contributed by atoms with Gasteiger partial charge in [0.2, 0.25) is 0 Å². The number of carbonyl (C=O) groups is 2. The van der Waals surface area contributed by atoms with E-state index in [0.717, 1.165) is 12.1 Å². The summed E-state index contributed by atoms with van der Waals surface area (Å²) in [7, 11) is 0. The number of rotatable bonds is 1. The molecule has 6 atom stereocenters. The molecule has 0 aliphatic carbocycles. The van der Waals surface area contributed by atoms with Crippen molar-refractivity contribution in [2.75, 3.05) is 19.7 Å². The maximum absolute atomic E-state index is 12.8. The Labute approximate surface area is 157 Å². The summed E-state index contributed by atoms with van der Waals surface area (Å²) in [6.45, 7) is 5.88. The molecular formula is C18H26ClNO6. The van der Waals surface area contributed by atoms with Crippen molar-refractivity contribution in [3.63, 3.8) is 0 Å². The van der Waals surface area contributed by atoms with Gasteiger partial charge in [-0.3, -0.25) is 4.90 Å². The third kappa shape index (κ3) is 3.15. The van der Waals surface area contributed by atoms with Crippen molar-refractivity contribution >= 4 is 23.5 Å². The van der Waals surface area contributed by atoms with Crippen LogP contribution in [0.5, 0.6) is 0 Å². The SMILES string of the molecule is C[C@@H](Cl)[C@@]1(O)C[C@H](C)[C@](C)(O)C(=O)OCC2=CCN3CC[C@@H](OC1=O)[C@@H]23. The van der Waals surface area contributed by atoms with Crippen LogP contribution in [0.25, 0.3) is 0 Å². The normalized spacial score (nSPS) is 42.8. The standard InChI is InChI=1S/C18H26ClNO6/c1-10-8-18(24,11(2)19)16(22)26-13-5-7-20-6-4-12(14(13)20)9-25-15(21)17(10,3)23/h4,10-11,13-14,23-24H,5-9H2,1-3H3/t10-,11+,13+,14+,17-,18-/m0/s1. The van der Waals surface area contributed by atoms with Gasteiger partial charge in [-0.1, -0.05) is 13.0 Å². The highest BCUT2D eigenvalue weighted by molar-refractivity contribution is 6.22. The lowest BCUT2D eigenvalue weighted by Gasteiger charge is -2.37. The van der Waals surface area contributed by atoms with Gasteiger partial charge in [-0.15, -0.1) is 11.6 Å². The average Bonchev–Trinajstić information content (AvgIpc) is 3.14. The number of halogens is 1. The summed E-state index contributed by atoms with van der Waals surface area (Å²) in [5, 5.41) is 20.6. The largest absolute Gasteiger partial charge is 0.459 e. The number of esters is 2. The summed E-state index contributed by atoms with van der Waals surface area (Å²) >= 11 is 6.12. The topological polar surface area (TPSA) is 96.3 Å². The van der Waals surface area contributed by atoms with Crippen molar-refractivity contribution in [2.24, 2.45) is 5.92 Å². The number of aliphatic hydroxyl groups is 2. The lowest BCUT2D eigenvalue weighted by Crippen LogP contribution is -2.54. The molecule has 3 aliphatic rings. The minimum absolute atomic E-state index is 0.0487. The first-order chi connectivity index (χ1) is 12.1. The fourth-order valence-electron chi connectivity index (χ4n) is 3.94. The van der Waals surface area contributed by atoms with E-state index in [4.69, 9.17) is 21.1 Å². The van der Waals surface area contributed by atoms with Crippen LogP contribution in [0.15, 0.2) is 11.6 Å². The molecule has 2 fully saturated rings. The number of hydrogen-bond acceptors (Lipinski definition) is 7. The summed E-state index contributed by atoms with van der Waals surface area (Å²) in [5.74, 6) is -2.37. The van der Waals surface area contributed by atoms with Gasteiger partial charge in [-0.2, -0.15) is 0 Å². The van der Waals surface area contributed by atoms with Crippen LogP contribution < -0.4 is 0 Å². The van der Waals surface area contributed by atoms with Gasteiger partial charge < -0.3 is 19.7 Å². The van der Waals surface area contributed by atoms with E-state index in [9.17, 15) is 19.8 Å². The van der Waals surface area contributed by atoms with Crippen molar-refractivity contribution in [3.05, 3.63) is 11.6 Å². The lowest BCUT2D eigenvalue weighted by atomic mass is 9.79. The minimum Gasteiger partial charge on any atom is -0.459 e. The van der Waals surface area contributed by atoms with Gasteiger partial charge in [-0.25, -0.2) is 9.59 Å². The highest BCUT2D eigenvalue weighted by Crippen LogP contribution is 2.37. The van der Waals surface area contributed by atoms with E-state index < -0.39 is 40.5 Å². The molecule has 26 heavy (non-hydrogen) atoms. The zero-order valence-electron chi connectivity index (χ0n) is 15.3. The first-order valence-electron chi connectivity index (χ1n) is 8.97. The van der Waals surface area contributed by atoms with E-state index in [2.05, 4.69) is 4.90 Å². The Balaban J connectivity index is 1.97. The zero-order chi connectivity index (χ0) is 19.3. The van der Waals surface area contributed by atoms with Crippen LogP contribution in [0.3, 0.4) is 0 Å². The molecular weight excluding hydrogens is 362 g/mol. The molecule has 7 nitrogen and oxygen atoms in total. The highest BCUT2D eigenvalue weighted by atomic mass is 35.5. The first-order valence-corrected chi connectivity index (χ1v) is 9.41. The number of cyclic esters (lactones) is 1. The molecule has 0 aromatic heterocycles. The highest BCUT2D eigenvalue weighted by Gasteiger charge is 2.52. The molecule has 146 valence electrons. The van der Waals surface area contributed by atoms with Gasteiger partial charge in [-0.05, 0) is 38.2 Å². The molecule has 3 heterocycles. The molecule has 0 radical (unpaired) electrons. The second kappa shape index (κ2) is 6.78. The molecule has 2 N–H and O–H groups in total. The molecule has 2 saturated heterocycles. The van der Waals surface area contributed by atoms with Crippen LogP contribution in [0.1, 0.15) is 33.6 Å². The maximum atomic E-state index is 12.8. The zero-order valence-corrected chi connectivity index (χ0v) is 16.0. The number of alkyl halides is 1. The van der Waals surface area contributed by atoms with E-state index in [0.29, 0.717) is 13.0 Å². The predicted molar refractivity (Wildman–Crippen MR) is 93.6 cm³/mol. The molecule has 0 unspecified atom stereocenters. The van der Waals surface area contributed by atoms with E-state index in [1.54, 1.807) is 6.92 Å². The van der Waals surface area contributed by atoms with Gasteiger partial charge in [0.1, 0.15) is 12.7 Å². The minimum atomic E-state index is -2.01. The van der Waals surface area contributed by atoms with Crippen molar-refractivity contribution in [1.82, 2.24) is 4.90 Å². The van der Waals surface area contributed by atoms with Gasteiger partial charge >= 0.3 is 11.9 Å². The van der Waals surface area contributed by atoms with Crippen molar-refractivity contribution in [2.45, 2.75) is 62.3 Å². The molecule has 0 bridgehead atoms. The first kappa shape index (κ1) is 19.6. The summed E-state index contributed by atoms with van der Waals surface area (Å²) in [6, 6.07) is -0.177. The third-order valence-corrected chi connectivity index (χ3v) is 6.41. The number of carbonyl (C=O) groups excluding carboxylic acids is 2. The maximum Gasteiger partial charge on any atom is 0.340 e. The Bertz CT molecular complexity index is 633. The Hall–Kier alpha value is -1.15. The number of ether oxygens (including phenoxy) is 2. The third-order valence-electron chi connectivity index (χ3n) is 6.04. The molecule has 0 aromatic rings. The van der Waals surface area contributed by atoms with Crippen molar-refractivity contribution in [3.8, 4) is 0 Å². The average molecular weight is 388 g/mol. The van der Waals surface area contributed by atoms with Crippen LogP contribution in [0, 0.1) is 5.92 Å². The van der Waals surface area contributed by atoms with Gasteiger partial charge in [0.15, 0.2) is 11.2 Å². The predicted octanol–water partition coefficient (Wildman–Crippen LogP) is 0.605. The second-order valence-corrected chi connectivity index (χ2v) is 8.47. The fourth-order valence-corrected chi connectivity index (χ4v) is 4.11. The van der Waals surface area contributed by atoms with E-state index in [1.165, 1.54) is 13.8 Å². The van der Waals surface area contributed by atoms with E-state index >= 15 is 0 Å². The van der Waals surface area contributed by atoms with Crippen molar-refractivity contribution in [1.29, 1.82) is 0 Å². The molecule has 3 aliphatic heterocycles. The smallest absolute Gasteiger partial charge is 0.340 e. The Kier molecular flexibility index (Phi) is 5.11. The fraction of sp³-hybridized carbons (Fsp3) is 0.778. The van der Waals surface area contributed by atoms with Crippen LogP contribution in [0.4, 0.5) is 0 Å². The van der Waals surface area contributed by atoms with Crippen LogP contribution >= 0.6 is 11.6 Å². The lowest BCUT2D eigenvalue weighted by molar-refractivity contribution is -0.183. The Morgan fingerprint density at radius 1 is 1.35 bits per heavy atom. The van der Waals surface area contributed by atoms with E-state index in [1.807, 2.05) is 6.08 Å². The molecule has 0 aromatic carbocycles. The van der Waals surface area contributed by atoms with Crippen LogP contribution in [-0.2, 0) is 19.1 Å². The number of nitrogens with zero attached hydrogens (tertiary/aromatic N) is 1. The quantitative estimate of drug-likeness (QED) is 0.386. The summed E-state index contributed by atoms with van der Waals surface area (Å²) in [5.41, 5.74) is -3.03. The summed E-state index contributed by atoms with van der Waals surface area (Å²) in [4.78, 5) is 27.4. The molecule has 0 spiro atoms. The van der Waals surface area contributed by atoms with Crippen LogP contribution in [0.2, 0.25) is 0 Å². The van der Waals surface area contributed by atoms with Gasteiger partial charge in [0.25, 0.3) is 0 Å². The molecule has 0 saturated carbocycles. The summed E-state index contributed by atoms with van der Waals surface area (Å²) < 4.78 is 11.0. The van der Waals surface area contributed by atoms with Crippen LogP contribution in [-0.4, -0.2) is 75.5 Å². The second-order valence-electron chi connectivity index (χ2n) is 7.82. The summed E-state index contributed by atoms with van der Waals surface area (Å²) in [6.07, 6.45) is 1.95. The molecule has 0 amide bonds. The van der Waals surface area contributed by atoms with Crippen molar-refractivity contribution < 1.29 is 29.3 Å². The Morgan fingerprint density at radius 3 is 2.69 bits per heavy atom. The Morgan fingerprint density at radius 2 is 2.04 bits per heavy atom. The van der Waals surface area contributed by atoms with Gasteiger partial charge in [0, 0.05) is 13.1 Å². The molecule has 8 heteroatoms. The molecule has 3 rings (SSSR count).